The van der Waals surface area contributed by atoms with Gasteiger partial charge in [-0.05, 0) is 171 Å². The molecular formula is C48H66F4O. The molecule has 2 aromatic rings. The van der Waals surface area contributed by atoms with Crippen LogP contribution in [0.3, 0.4) is 0 Å². The Morgan fingerprint density at radius 1 is 0.491 bits per heavy atom. The van der Waals surface area contributed by atoms with Crippen molar-refractivity contribution in [2.24, 2.45) is 47.3 Å². The fourth-order valence-electron chi connectivity index (χ4n) is 11.3. The number of halogens is 4. The van der Waals surface area contributed by atoms with Gasteiger partial charge in [-0.1, -0.05) is 89.5 Å². The molecule has 0 atom stereocenters. The molecule has 0 radical (unpaired) electrons. The van der Waals surface area contributed by atoms with Gasteiger partial charge in [0, 0.05) is 0 Å². The maximum Gasteiger partial charge on any atom is 0.159 e. The Bertz CT molecular complexity index is 1370. The molecular weight excluding hydrogens is 669 g/mol. The van der Waals surface area contributed by atoms with Crippen LogP contribution in [-0.4, -0.2) is 13.2 Å². The minimum absolute atomic E-state index is 0.293. The lowest BCUT2D eigenvalue weighted by Gasteiger charge is -2.38. The zero-order valence-corrected chi connectivity index (χ0v) is 32.7. The average molecular weight is 735 g/mol. The first-order valence-electron chi connectivity index (χ1n) is 21.7. The predicted octanol–water partition coefficient (Wildman–Crippen LogP) is 14.6. The third-order valence-electron chi connectivity index (χ3n) is 14.3. The van der Waals surface area contributed by atoms with Crippen LogP contribution in [0.1, 0.15) is 153 Å². The van der Waals surface area contributed by atoms with Gasteiger partial charge in [-0.2, -0.15) is 0 Å². The monoisotopic (exact) mass is 735 g/mol. The number of benzene rings is 2. The minimum Gasteiger partial charge on any atom is -0.373 e. The van der Waals surface area contributed by atoms with Gasteiger partial charge in [0.2, 0.25) is 0 Å². The number of hydrogen-bond donors (Lipinski definition) is 0. The lowest BCUT2D eigenvalue weighted by Crippen LogP contribution is -2.26. The van der Waals surface area contributed by atoms with Crippen molar-refractivity contribution in [2.75, 3.05) is 13.2 Å². The van der Waals surface area contributed by atoms with Gasteiger partial charge < -0.3 is 4.74 Å². The Hall–Kier alpha value is -2.40. The van der Waals surface area contributed by atoms with E-state index in [1.165, 1.54) is 127 Å². The van der Waals surface area contributed by atoms with Crippen molar-refractivity contribution in [3.63, 3.8) is 0 Å². The van der Waals surface area contributed by atoms with E-state index in [9.17, 15) is 17.6 Å². The van der Waals surface area contributed by atoms with Crippen molar-refractivity contribution >= 4 is 11.1 Å². The van der Waals surface area contributed by atoms with Crippen LogP contribution in [0.5, 0.6) is 0 Å². The van der Waals surface area contributed by atoms with Crippen LogP contribution in [-0.2, 0) is 4.74 Å². The van der Waals surface area contributed by atoms with Crippen molar-refractivity contribution in [3.05, 3.63) is 82.9 Å². The first-order valence-corrected chi connectivity index (χ1v) is 21.7. The molecule has 4 aliphatic rings. The highest BCUT2D eigenvalue weighted by molar-refractivity contribution is 5.68. The molecule has 0 saturated heterocycles. The summed E-state index contributed by atoms with van der Waals surface area (Å²) in [7, 11) is 0. The molecule has 0 aromatic heterocycles. The Kier molecular flexibility index (Phi) is 15.2. The normalized spacial score (nSPS) is 30.4. The van der Waals surface area contributed by atoms with Gasteiger partial charge in [0.15, 0.2) is 23.3 Å². The third kappa shape index (κ3) is 10.9. The molecule has 53 heavy (non-hydrogen) atoms. The largest absolute Gasteiger partial charge is 0.373 e. The highest BCUT2D eigenvalue weighted by Crippen LogP contribution is 2.47. The van der Waals surface area contributed by atoms with Crippen LogP contribution in [0, 0.1) is 70.6 Å². The summed E-state index contributed by atoms with van der Waals surface area (Å²) in [4.78, 5) is 0. The zero-order chi connectivity index (χ0) is 37.2. The smallest absolute Gasteiger partial charge is 0.159 e. The van der Waals surface area contributed by atoms with Crippen LogP contribution >= 0.6 is 0 Å². The maximum absolute atomic E-state index is 14.5. The van der Waals surface area contributed by atoms with Crippen LogP contribution in [0.4, 0.5) is 17.6 Å². The number of rotatable bonds is 14. The van der Waals surface area contributed by atoms with E-state index in [1.54, 1.807) is 12.1 Å². The molecule has 292 valence electrons. The molecule has 0 bridgehead atoms. The lowest BCUT2D eigenvalue weighted by atomic mass is 9.67. The van der Waals surface area contributed by atoms with Crippen molar-refractivity contribution in [2.45, 2.75) is 142 Å². The van der Waals surface area contributed by atoms with Gasteiger partial charge in [-0.25, -0.2) is 17.6 Å². The SMILES string of the molecule is CCC[C@H]1CC[C@H]([C@H]2CC[C@H](C(=CCOCC=C(c3ccc(F)c(F)c3)[C@H]3CC[C@H]([C@H]4CC[C@H](CCC)CC4)CC3)c3ccc(F)c(F)c3)CC2)CC1. The van der Waals surface area contributed by atoms with E-state index in [0.29, 0.717) is 25.0 Å². The molecule has 2 aromatic carbocycles. The Morgan fingerprint density at radius 3 is 1.15 bits per heavy atom. The van der Waals surface area contributed by atoms with Crippen LogP contribution < -0.4 is 0 Å². The van der Waals surface area contributed by atoms with Gasteiger partial charge in [-0.3, -0.25) is 0 Å². The topological polar surface area (TPSA) is 9.23 Å². The number of allylic oxidation sites excluding steroid dienone is 2. The second-order valence-corrected chi connectivity index (χ2v) is 17.5. The molecule has 6 rings (SSSR count). The Labute approximate surface area is 318 Å². The maximum atomic E-state index is 14.5. The van der Waals surface area contributed by atoms with Gasteiger partial charge in [0.05, 0.1) is 13.2 Å². The van der Waals surface area contributed by atoms with Crippen molar-refractivity contribution < 1.29 is 22.3 Å². The van der Waals surface area contributed by atoms with Gasteiger partial charge in [-0.15, -0.1) is 0 Å². The van der Waals surface area contributed by atoms with E-state index >= 15 is 0 Å². The highest BCUT2D eigenvalue weighted by Gasteiger charge is 2.34. The summed E-state index contributed by atoms with van der Waals surface area (Å²) in [5.74, 6) is 2.34. The summed E-state index contributed by atoms with van der Waals surface area (Å²) in [5, 5.41) is 0. The van der Waals surface area contributed by atoms with Crippen molar-refractivity contribution in [1.29, 1.82) is 0 Å². The summed E-state index contributed by atoms with van der Waals surface area (Å²) in [6, 6.07) is 8.58. The number of ether oxygens (including phenoxy) is 1. The van der Waals surface area contributed by atoms with Crippen LogP contribution in [0.25, 0.3) is 11.1 Å². The van der Waals surface area contributed by atoms with Gasteiger partial charge >= 0.3 is 0 Å². The fraction of sp³-hybridized carbons (Fsp3) is 0.667. The van der Waals surface area contributed by atoms with Gasteiger partial charge in [0.25, 0.3) is 0 Å². The Morgan fingerprint density at radius 2 is 0.830 bits per heavy atom. The molecule has 0 unspecified atom stereocenters. The van der Waals surface area contributed by atoms with Crippen LogP contribution in [0.15, 0.2) is 48.6 Å². The van der Waals surface area contributed by atoms with E-state index in [2.05, 4.69) is 26.0 Å². The molecule has 0 spiro atoms. The molecule has 4 fully saturated rings. The van der Waals surface area contributed by atoms with E-state index in [-0.39, 0.29) is 0 Å². The lowest BCUT2D eigenvalue weighted by molar-refractivity contribution is 0.153. The second-order valence-electron chi connectivity index (χ2n) is 17.5. The van der Waals surface area contributed by atoms with Crippen molar-refractivity contribution in [3.8, 4) is 0 Å². The summed E-state index contributed by atoms with van der Waals surface area (Å²) >= 11 is 0. The highest BCUT2D eigenvalue weighted by atomic mass is 19.2. The summed E-state index contributed by atoms with van der Waals surface area (Å²) < 4.78 is 63.2. The van der Waals surface area contributed by atoms with Gasteiger partial charge in [0.1, 0.15) is 0 Å². The molecule has 0 amide bonds. The van der Waals surface area contributed by atoms with E-state index in [4.69, 9.17) is 4.74 Å². The average Bonchev–Trinajstić information content (AvgIpc) is 3.18. The third-order valence-corrected chi connectivity index (χ3v) is 14.3. The molecule has 4 aliphatic carbocycles. The van der Waals surface area contributed by atoms with E-state index < -0.39 is 23.3 Å². The summed E-state index contributed by atoms with van der Waals surface area (Å²) in [6.45, 7) is 5.30. The molecule has 5 heteroatoms. The molecule has 0 heterocycles. The second kappa shape index (κ2) is 20.0. The first kappa shape index (κ1) is 40.3. The summed E-state index contributed by atoms with van der Waals surface area (Å²) in [6.07, 6.45) is 29.5. The van der Waals surface area contributed by atoms with E-state index in [1.807, 2.05) is 0 Å². The number of hydrogen-bond acceptors (Lipinski definition) is 1. The predicted molar refractivity (Wildman–Crippen MR) is 211 cm³/mol. The zero-order valence-electron chi connectivity index (χ0n) is 32.7. The molecule has 0 N–H and O–H groups in total. The van der Waals surface area contributed by atoms with E-state index in [0.717, 1.165) is 83.5 Å². The van der Waals surface area contributed by atoms with Crippen LogP contribution in [0.2, 0.25) is 0 Å². The fourth-order valence-corrected chi connectivity index (χ4v) is 11.3. The quantitative estimate of drug-likeness (QED) is 0.139. The molecule has 0 aliphatic heterocycles. The molecule has 1 nitrogen and oxygen atoms in total. The van der Waals surface area contributed by atoms with Crippen molar-refractivity contribution in [1.82, 2.24) is 0 Å². The minimum atomic E-state index is -0.824. The summed E-state index contributed by atoms with van der Waals surface area (Å²) in [5.41, 5.74) is 3.59. The Balaban J connectivity index is 1.09. The standard InChI is InChI=1S/C48H66F4O/c1-3-5-33-7-11-35(12-8-33)37-15-19-39(20-16-37)43(41-23-25-45(49)47(51)31-41)27-29-53-30-28-44(42-24-26-46(50)48(52)32-42)40-21-17-38(18-22-40)36-13-9-34(6-4-2)10-14-36/h23-28,31-40H,3-22,29-30H2,1-2H3/t33-,34-,35-,36-,37-,38-,39-,40-. The molecule has 4 saturated carbocycles. The first-order chi connectivity index (χ1) is 25.8.